The van der Waals surface area contributed by atoms with E-state index >= 15 is 0 Å². The summed E-state index contributed by atoms with van der Waals surface area (Å²) in [5, 5.41) is 2.75. The number of carbonyl (C=O) groups is 1. The van der Waals surface area contributed by atoms with Crippen LogP contribution in [0.3, 0.4) is 0 Å². The van der Waals surface area contributed by atoms with Crippen molar-refractivity contribution in [2.24, 2.45) is 0 Å². The molecule has 1 heterocycles. The highest BCUT2D eigenvalue weighted by Gasteiger charge is 2.15. The topological polar surface area (TPSA) is 88.4 Å². The van der Waals surface area contributed by atoms with Gasteiger partial charge in [-0.05, 0) is 38.1 Å². The quantitative estimate of drug-likeness (QED) is 0.811. The van der Waals surface area contributed by atoms with Crippen molar-refractivity contribution in [1.29, 1.82) is 0 Å². The summed E-state index contributed by atoms with van der Waals surface area (Å²) in [6, 6.07) is 9.79. The van der Waals surface area contributed by atoms with E-state index in [1.165, 1.54) is 18.4 Å². The van der Waals surface area contributed by atoms with Crippen molar-refractivity contribution in [2.45, 2.75) is 31.2 Å². The lowest BCUT2D eigenvalue weighted by Gasteiger charge is -2.12. The molecular weight excluding hydrogens is 316 g/mol. The van der Waals surface area contributed by atoms with Crippen LogP contribution in [0.25, 0.3) is 0 Å². The van der Waals surface area contributed by atoms with Crippen LogP contribution in [-0.2, 0) is 14.8 Å². The lowest BCUT2D eigenvalue weighted by molar-refractivity contribution is -0.121. The second kappa shape index (κ2) is 7.43. The smallest absolute Gasteiger partial charge is 0.240 e. The maximum absolute atomic E-state index is 12.1. The maximum atomic E-state index is 12.1. The minimum absolute atomic E-state index is 0.0346. The number of furan rings is 1. The van der Waals surface area contributed by atoms with Crippen LogP contribution in [0.5, 0.6) is 0 Å². The molecule has 1 atom stereocenters. The van der Waals surface area contributed by atoms with E-state index in [1.54, 1.807) is 31.2 Å². The number of hydrogen-bond donors (Lipinski definition) is 2. The van der Waals surface area contributed by atoms with E-state index in [9.17, 15) is 13.2 Å². The molecule has 124 valence electrons. The number of hydrogen-bond acceptors (Lipinski definition) is 4. The standard InChI is InChI=1S/C16H20N2O4S/c1-12-5-7-14(8-6-12)23(20,21)17-10-9-16(19)18-13(2)15-4-3-11-22-15/h3-8,11,13,17H,9-10H2,1-2H3,(H,18,19)/t13-/m1/s1. The fourth-order valence-electron chi connectivity index (χ4n) is 2.02. The minimum atomic E-state index is -3.59. The van der Waals surface area contributed by atoms with Crippen LogP contribution in [0.1, 0.15) is 30.7 Å². The van der Waals surface area contributed by atoms with Crippen molar-refractivity contribution in [3.8, 4) is 0 Å². The molecule has 0 unspecified atom stereocenters. The van der Waals surface area contributed by atoms with E-state index in [0.717, 1.165) is 5.56 Å². The highest BCUT2D eigenvalue weighted by molar-refractivity contribution is 7.89. The molecule has 1 aromatic heterocycles. The summed E-state index contributed by atoms with van der Waals surface area (Å²) >= 11 is 0. The van der Waals surface area contributed by atoms with Crippen LogP contribution in [0.2, 0.25) is 0 Å². The number of sulfonamides is 1. The molecule has 2 aromatic rings. The molecule has 7 heteroatoms. The Morgan fingerprint density at radius 1 is 1.22 bits per heavy atom. The molecule has 2 N–H and O–H groups in total. The Morgan fingerprint density at radius 2 is 1.91 bits per heavy atom. The summed E-state index contributed by atoms with van der Waals surface area (Å²) in [4.78, 5) is 12.0. The molecule has 6 nitrogen and oxygen atoms in total. The summed E-state index contributed by atoms with van der Waals surface area (Å²) in [7, 11) is -3.59. The number of benzene rings is 1. The Bertz CT molecular complexity index is 737. The Labute approximate surface area is 135 Å². The predicted molar refractivity (Wildman–Crippen MR) is 86.3 cm³/mol. The average molecular weight is 336 g/mol. The van der Waals surface area contributed by atoms with Crippen LogP contribution >= 0.6 is 0 Å². The third-order valence-corrected chi connectivity index (χ3v) is 4.80. The van der Waals surface area contributed by atoms with Crippen LogP contribution in [0, 0.1) is 6.92 Å². The fraction of sp³-hybridized carbons (Fsp3) is 0.312. The van der Waals surface area contributed by atoms with Gasteiger partial charge in [0.15, 0.2) is 0 Å². The number of amides is 1. The molecule has 0 bridgehead atoms. The highest BCUT2D eigenvalue weighted by atomic mass is 32.2. The molecule has 1 aromatic carbocycles. The zero-order chi connectivity index (χ0) is 16.9. The van der Waals surface area contributed by atoms with Crippen LogP contribution in [0.4, 0.5) is 0 Å². The van der Waals surface area contributed by atoms with Crippen LogP contribution in [-0.4, -0.2) is 20.9 Å². The Hall–Kier alpha value is -2.12. The molecule has 23 heavy (non-hydrogen) atoms. The molecule has 2 rings (SSSR count). The molecule has 0 radical (unpaired) electrons. The predicted octanol–water partition coefficient (Wildman–Crippen LogP) is 2.13. The van der Waals surface area contributed by atoms with E-state index in [1.807, 2.05) is 6.92 Å². The fourth-order valence-corrected chi connectivity index (χ4v) is 3.05. The summed E-state index contributed by atoms with van der Waals surface area (Å²) in [6.45, 7) is 3.72. The normalized spacial score (nSPS) is 12.8. The average Bonchev–Trinajstić information content (AvgIpc) is 3.01. The van der Waals surface area contributed by atoms with Gasteiger partial charge < -0.3 is 9.73 Å². The SMILES string of the molecule is Cc1ccc(S(=O)(=O)NCCC(=O)N[C@H](C)c2ccco2)cc1. The highest BCUT2D eigenvalue weighted by Crippen LogP contribution is 2.12. The zero-order valence-corrected chi connectivity index (χ0v) is 13.9. The van der Waals surface area contributed by atoms with Gasteiger partial charge in [0.2, 0.25) is 15.9 Å². The van der Waals surface area contributed by atoms with E-state index < -0.39 is 10.0 Å². The first-order chi connectivity index (χ1) is 10.9. The first-order valence-electron chi connectivity index (χ1n) is 7.27. The Morgan fingerprint density at radius 3 is 2.52 bits per heavy atom. The molecular formula is C16H20N2O4S. The van der Waals surface area contributed by atoms with E-state index in [-0.39, 0.29) is 29.8 Å². The van der Waals surface area contributed by atoms with E-state index in [2.05, 4.69) is 10.0 Å². The van der Waals surface area contributed by atoms with E-state index in [4.69, 9.17) is 4.42 Å². The molecule has 0 aliphatic carbocycles. The third kappa shape index (κ3) is 4.94. The first-order valence-corrected chi connectivity index (χ1v) is 8.76. The maximum Gasteiger partial charge on any atom is 0.240 e. The lowest BCUT2D eigenvalue weighted by atomic mass is 10.2. The van der Waals surface area contributed by atoms with Crippen molar-refractivity contribution in [1.82, 2.24) is 10.0 Å². The Kier molecular flexibility index (Phi) is 5.57. The van der Waals surface area contributed by atoms with Gasteiger partial charge >= 0.3 is 0 Å². The molecule has 0 aliphatic heterocycles. The number of aryl methyl sites for hydroxylation is 1. The van der Waals surface area contributed by atoms with Crippen molar-refractivity contribution < 1.29 is 17.6 Å². The van der Waals surface area contributed by atoms with Gasteiger partial charge in [0, 0.05) is 13.0 Å². The van der Waals surface area contributed by atoms with Gasteiger partial charge in [0.25, 0.3) is 0 Å². The number of nitrogens with one attached hydrogen (secondary N) is 2. The summed E-state index contributed by atoms with van der Waals surface area (Å²) in [6.07, 6.45) is 1.59. The van der Waals surface area contributed by atoms with Crippen molar-refractivity contribution in [2.75, 3.05) is 6.54 Å². The molecule has 0 saturated carbocycles. The largest absolute Gasteiger partial charge is 0.467 e. The van der Waals surface area contributed by atoms with Crippen molar-refractivity contribution >= 4 is 15.9 Å². The second-order valence-electron chi connectivity index (χ2n) is 5.27. The van der Waals surface area contributed by atoms with E-state index in [0.29, 0.717) is 5.76 Å². The summed E-state index contributed by atoms with van der Waals surface area (Å²) < 4.78 is 31.8. The minimum Gasteiger partial charge on any atom is -0.467 e. The molecule has 0 saturated heterocycles. The molecule has 1 amide bonds. The van der Waals surface area contributed by atoms with Crippen molar-refractivity contribution in [3.05, 3.63) is 54.0 Å². The Balaban J connectivity index is 1.82. The van der Waals surface area contributed by atoms with Gasteiger partial charge in [-0.15, -0.1) is 0 Å². The van der Waals surface area contributed by atoms with Gasteiger partial charge in [-0.1, -0.05) is 17.7 Å². The monoisotopic (exact) mass is 336 g/mol. The van der Waals surface area contributed by atoms with Gasteiger partial charge in [0.05, 0.1) is 17.2 Å². The molecule has 0 spiro atoms. The van der Waals surface area contributed by atoms with Gasteiger partial charge in [-0.25, -0.2) is 13.1 Å². The van der Waals surface area contributed by atoms with Crippen molar-refractivity contribution in [3.63, 3.8) is 0 Å². The van der Waals surface area contributed by atoms with Crippen LogP contribution < -0.4 is 10.0 Å². The second-order valence-corrected chi connectivity index (χ2v) is 7.03. The van der Waals surface area contributed by atoms with Gasteiger partial charge in [0.1, 0.15) is 5.76 Å². The van der Waals surface area contributed by atoms with Gasteiger partial charge in [-0.3, -0.25) is 4.79 Å². The number of carbonyl (C=O) groups excluding carboxylic acids is 1. The third-order valence-electron chi connectivity index (χ3n) is 3.32. The van der Waals surface area contributed by atoms with Crippen LogP contribution in [0.15, 0.2) is 52.0 Å². The summed E-state index contributed by atoms with van der Waals surface area (Å²) in [5.74, 6) is 0.402. The molecule has 0 aliphatic rings. The number of rotatable bonds is 7. The lowest BCUT2D eigenvalue weighted by Crippen LogP contribution is -2.32. The first kappa shape index (κ1) is 17.2. The van der Waals surface area contributed by atoms with Gasteiger partial charge in [-0.2, -0.15) is 0 Å². The summed E-state index contributed by atoms with van der Waals surface area (Å²) in [5.41, 5.74) is 0.982. The molecule has 0 fully saturated rings. The zero-order valence-electron chi connectivity index (χ0n) is 13.1.